The number of fused-ring (bicyclic) bond motifs is 1. The highest BCUT2D eigenvalue weighted by atomic mass is 32.2. The zero-order chi connectivity index (χ0) is 13.2. The van der Waals surface area contributed by atoms with Gasteiger partial charge in [0.05, 0.1) is 11.8 Å². The molecular weight excluding hydrogens is 252 g/mol. The highest BCUT2D eigenvalue weighted by Gasteiger charge is 2.28. The summed E-state index contributed by atoms with van der Waals surface area (Å²) in [7, 11) is -3.52. The summed E-state index contributed by atoms with van der Waals surface area (Å²) in [6, 6.07) is 7.11. The fourth-order valence-electron chi connectivity index (χ4n) is 2.21. The molecule has 6 heteroatoms. The van der Waals surface area contributed by atoms with E-state index in [4.69, 9.17) is 0 Å². The van der Waals surface area contributed by atoms with Crippen LogP contribution < -0.4 is 9.03 Å². The molecule has 0 spiro atoms. The Morgan fingerprint density at radius 2 is 2.17 bits per heavy atom. The van der Waals surface area contributed by atoms with Crippen molar-refractivity contribution in [2.45, 2.75) is 25.9 Å². The molecule has 0 saturated carbocycles. The predicted octanol–water partition coefficient (Wildman–Crippen LogP) is 1.17. The van der Waals surface area contributed by atoms with Crippen LogP contribution in [0.3, 0.4) is 0 Å². The van der Waals surface area contributed by atoms with Crippen LogP contribution in [0.1, 0.15) is 31.4 Å². The lowest BCUT2D eigenvalue weighted by molar-refractivity contribution is 0.168. The van der Waals surface area contributed by atoms with Crippen LogP contribution in [-0.2, 0) is 10.2 Å². The van der Waals surface area contributed by atoms with Gasteiger partial charge in [0, 0.05) is 18.7 Å². The fraction of sp³-hybridized carbons (Fsp3) is 0.500. The first-order chi connectivity index (χ1) is 8.56. The predicted molar refractivity (Wildman–Crippen MR) is 70.6 cm³/mol. The molecule has 0 fully saturated rings. The van der Waals surface area contributed by atoms with Crippen molar-refractivity contribution in [2.24, 2.45) is 0 Å². The van der Waals surface area contributed by atoms with Crippen LogP contribution in [0, 0.1) is 0 Å². The lowest BCUT2D eigenvalue weighted by atomic mass is 10.1. The summed E-state index contributed by atoms with van der Waals surface area (Å²) in [6.07, 6.45) is 0.623. The van der Waals surface area contributed by atoms with E-state index in [0.29, 0.717) is 37.2 Å². The normalized spacial score (nSPS) is 20.3. The SMILES string of the molecule is CCNS(=O)(=O)N1CCCC(O)c2ccccc21. The average Bonchev–Trinajstić information content (AvgIpc) is 2.50. The molecule has 18 heavy (non-hydrogen) atoms. The summed E-state index contributed by atoms with van der Waals surface area (Å²) in [5, 5.41) is 10.0. The van der Waals surface area contributed by atoms with E-state index < -0.39 is 16.3 Å². The zero-order valence-corrected chi connectivity index (χ0v) is 11.2. The van der Waals surface area contributed by atoms with E-state index in [2.05, 4.69) is 4.72 Å². The number of benzene rings is 1. The molecule has 0 aromatic heterocycles. The van der Waals surface area contributed by atoms with Gasteiger partial charge in [-0.15, -0.1) is 0 Å². The maximum Gasteiger partial charge on any atom is 0.301 e. The van der Waals surface area contributed by atoms with Crippen LogP contribution in [0.25, 0.3) is 0 Å². The van der Waals surface area contributed by atoms with Gasteiger partial charge >= 0.3 is 10.2 Å². The van der Waals surface area contributed by atoms with Gasteiger partial charge in [0.15, 0.2) is 0 Å². The number of nitrogens with zero attached hydrogens (tertiary/aromatic N) is 1. The number of aliphatic hydroxyl groups excluding tert-OH is 1. The van der Waals surface area contributed by atoms with Crippen LogP contribution >= 0.6 is 0 Å². The summed E-state index contributed by atoms with van der Waals surface area (Å²) in [4.78, 5) is 0. The van der Waals surface area contributed by atoms with Gasteiger partial charge in [-0.1, -0.05) is 25.1 Å². The van der Waals surface area contributed by atoms with Gasteiger partial charge in [-0.2, -0.15) is 13.1 Å². The van der Waals surface area contributed by atoms with E-state index >= 15 is 0 Å². The minimum absolute atomic E-state index is 0.351. The number of hydrogen-bond acceptors (Lipinski definition) is 3. The summed E-state index contributed by atoms with van der Waals surface area (Å²) < 4.78 is 28.1. The fourth-order valence-corrected chi connectivity index (χ4v) is 3.53. The van der Waals surface area contributed by atoms with E-state index in [1.165, 1.54) is 4.31 Å². The van der Waals surface area contributed by atoms with Crippen LogP contribution in [0.5, 0.6) is 0 Å². The number of para-hydroxylation sites is 1. The molecule has 1 heterocycles. The van der Waals surface area contributed by atoms with E-state index in [0.717, 1.165) is 0 Å². The third-order valence-corrected chi connectivity index (χ3v) is 4.63. The quantitative estimate of drug-likeness (QED) is 0.866. The van der Waals surface area contributed by atoms with Crippen molar-refractivity contribution in [1.29, 1.82) is 0 Å². The van der Waals surface area contributed by atoms with E-state index in [1.807, 2.05) is 6.07 Å². The van der Waals surface area contributed by atoms with Crippen molar-refractivity contribution in [3.8, 4) is 0 Å². The maximum absolute atomic E-state index is 12.1. The molecule has 1 aliphatic heterocycles. The number of rotatable bonds is 3. The highest BCUT2D eigenvalue weighted by Crippen LogP contribution is 2.33. The average molecular weight is 270 g/mol. The molecule has 0 aliphatic carbocycles. The van der Waals surface area contributed by atoms with Gasteiger partial charge in [0.2, 0.25) is 0 Å². The van der Waals surface area contributed by atoms with Gasteiger partial charge in [-0.3, -0.25) is 4.31 Å². The number of aliphatic hydroxyl groups is 1. The number of anilines is 1. The molecule has 100 valence electrons. The van der Waals surface area contributed by atoms with Gasteiger partial charge in [0.1, 0.15) is 0 Å². The number of hydrogen-bond donors (Lipinski definition) is 2. The molecule has 5 nitrogen and oxygen atoms in total. The molecule has 0 amide bonds. The Morgan fingerprint density at radius 3 is 2.89 bits per heavy atom. The van der Waals surface area contributed by atoms with Crippen LogP contribution in [-0.4, -0.2) is 26.6 Å². The molecule has 1 aromatic carbocycles. The Kier molecular flexibility index (Phi) is 3.89. The van der Waals surface area contributed by atoms with Crippen molar-refractivity contribution < 1.29 is 13.5 Å². The molecule has 2 N–H and O–H groups in total. The van der Waals surface area contributed by atoms with Crippen molar-refractivity contribution in [2.75, 3.05) is 17.4 Å². The maximum atomic E-state index is 12.1. The topological polar surface area (TPSA) is 69.6 Å². The van der Waals surface area contributed by atoms with E-state index in [-0.39, 0.29) is 0 Å². The summed E-state index contributed by atoms with van der Waals surface area (Å²) in [5.74, 6) is 0. The molecule has 1 aromatic rings. The first-order valence-corrected chi connectivity index (χ1v) is 7.54. The molecule has 0 bridgehead atoms. The minimum Gasteiger partial charge on any atom is -0.388 e. The second kappa shape index (κ2) is 5.26. The van der Waals surface area contributed by atoms with Gasteiger partial charge in [-0.25, -0.2) is 0 Å². The Bertz CT molecular complexity index is 516. The molecule has 1 atom stereocenters. The van der Waals surface area contributed by atoms with Gasteiger partial charge in [0.25, 0.3) is 0 Å². The van der Waals surface area contributed by atoms with Crippen molar-refractivity contribution in [1.82, 2.24) is 4.72 Å². The molecule has 0 radical (unpaired) electrons. The lowest BCUT2D eigenvalue weighted by Gasteiger charge is -2.24. The molecular formula is C12H18N2O3S. The largest absolute Gasteiger partial charge is 0.388 e. The van der Waals surface area contributed by atoms with Crippen LogP contribution in [0.2, 0.25) is 0 Å². The van der Waals surface area contributed by atoms with E-state index in [1.54, 1.807) is 25.1 Å². The van der Waals surface area contributed by atoms with Crippen molar-refractivity contribution in [3.63, 3.8) is 0 Å². The van der Waals surface area contributed by atoms with Crippen molar-refractivity contribution >= 4 is 15.9 Å². The summed E-state index contributed by atoms with van der Waals surface area (Å²) in [6.45, 7) is 2.49. The summed E-state index contributed by atoms with van der Waals surface area (Å²) in [5.41, 5.74) is 1.25. The second-order valence-electron chi connectivity index (χ2n) is 4.29. The Morgan fingerprint density at radius 1 is 1.44 bits per heavy atom. The standard InChI is InChI=1S/C12H18N2O3S/c1-2-13-18(16,17)14-9-5-8-12(15)10-6-3-4-7-11(10)14/h3-4,6-7,12-13,15H,2,5,8-9H2,1H3. The van der Waals surface area contributed by atoms with Crippen LogP contribution in [0.15, 0.2) is 24.3 Å². The first-order valence-electron chi connectivity index (χ1n) is 6.10. The monoisotopic (exact) mass is 270 g/mol. The van der Waals surface area contributed by atoms with Gasteiger partial charge < -0.3 is 5.11 Å². The van der Waals surface area contributed by atoms with E-state index in [9.17, 15) is 13.5 Å². The Hall–Kier alpha value is -1.11. The lowest BCUT2D eigenvalue weighted by Crippen LogP contribution is -2.41. The number of nitrogens with one attached hydrogen (secondary N) is 1. The first kappa shape index (κ1) is 13.3. The molecule has 1 aliphatic rings. The minimum atomic E-state index is -3.52. The summed E-state index contributed by atoms with van der Waals surface area (Å²) >= 11 is 0. The smallest absolute Gasteiger partial charge is 0.301 e. The molecule has 2 rings (SSSR count). The molecule has 1 unspecified atom stereocenters. The zero-order valence-electron chi connectivity index (χ0n) is 10.3. The Labute approximate surface area is 108 Å². The Balaban J connectivity index is 2.47. The van der Waals surface area contributed by atoms with Crippen molar-refractivity contribution in [3.05, 3.63) is 29.8 Å². The second-order valence-corrected chi connectivity index (χ2v) is 5.97. The highest BCUT2D eigenvalue weighted by molar-refractivity contribution is 7.90. The third-order valence-electron chi connectivity index (χ3n) is 3.02. The third kappa shape index (κ3) is 2.50. The molecule has 0 saturated heterocycles. The van der Waals surface area contributed by atoms with Crippen LogP contribution in [0.4, 0.5) is 5.69 Å². The van der Waals surface area contributed by atoms with Gasteiger partial charge in [-0.05, 0) is 18.9 Å².